The maximum absolute atomic E-state index is 12.9. The van der Waals surface area contributed by atoms with Crippen LogP contribution in [0.5, 0.6) is 23.0 Å². The van der Waals surface area contributed by atoms with Gasteiger partial charge in [0.2, 0.25) is 0 Å². The largest absolute Gasteiger partial charge is 0.508 e. The molecular weight excluding hydrogens is 1680 g/mol. The van der Waals surface area contributed by atoms with Crippen molar-refractivity contribution in [3.63, 3.8) is 0 Å². The number of anilines is 4. The van der Waals surface area contributed by atoms with Crippen LogP contribution in [0.1, 0.15) is 84.5 Å². The topological polar surface area (TPSA) is 352 Å². The first kappa shape index (κ1) is 91.3. The Morgan fingerprint density at radius 2 is 0.630 bits per heavy atom. The Bertz CT molecular complexity index is 6150. The van der Waals surface area contributed by atoms with E-state index in [0.717, 1.165) is 18.8 Å². The van der Waals surface area contributed by atoms with Crippen LogP contribution in [0.3, 0.4) is 0 Å². The standard InChI is InChI=1S/C24H25ClN2O4S.C22H21ClN2O4S.C21H19ClN2O4S.C20H17ClN2O4S/c1-16(2)14-31-23-12-17(7-8-18(23)15-32(3,29)30)24(28)27-19-9-10-21(25)20(13-19)22-6-4-5-11-26-22;1-3-29-21-12-15(7-8-16(21)14-30(2,27)28)22(26)25-17-9-10-19(23)18(13-17)20-6-4-5-11-24-20;1-28-20-11-14(6-7-15(20)13-29(2,26)27)21(25)24-16-8-9-18(22)17(12-16)19-5-3-4-10-23-19;1-28(26,27)12-14-6-5-13(10-19(14)24)20(25)23-15-7-8-17(21)16(11-15)18-4-2-3-9-22-18/h4-13,16H,14-15H2,1-3H3,(H,27,28);4-13H,3,14H2,1-2H3,(H,25,26);3-12H,13H2,1-2H3,(H,24,25);2-11,24H,12H2,1H3,(H,23,25). The van der Waals surface area contributed by atoms with Gasteiger partial charge in [-0.3, -0.25) is 39.1 Å². The molecule has 24 nitrogen and oxygen atoms in total. The van der Waals surface area contributed by atoms with E-state index in [0.29, 0.717) is 152 Å². The van der Waals surface area contributed by atoms with E-state index in [1.165, 1.54) is 37.6 Å². The maximum Gasteiger partial charge on any atom is 0.255 e. The number of hydrogen-bond donors (Lipinski definition) is 5. The van der Waals surface area contributed by atoms with Gasteiger partial charge in [0.1, 0.15) is 23.0 Å². The first-order valence-electron chi connectivity index (χ1n) is 36.2. The Morgan fingerprint density at radius 3 is 0.891 bits per heavy atom. The zero-order valence-corrected chi connectivity index (χ0v) is 71.7. The molecule has 32 heteroatoms. The number of carbonyl (C=O) groups excluding carboxylic acids is 4. The van der Waals surface area contributed by atoms with Crippen molar-refractivity contribution in [1.29, 1.82) is 0 Å². The first-order valence-corrected chi connectivity index (χ1v) is 45.9. The van der Waals surface area contributed by atoms with E-state index in [9.17, 15) is 58.0 Å². The van der Waals surface area contributed by atoms with Gasteiger partial charge in [-0.15, -0.1) is 0 Å². The lowest BCUT2D eigenvalue weighted by Gasteiger charge is -2.15. The molecule has 119 heavy (non-hydrogen) atoms. The number of rotatable bonds is 26. The Morgan fingerprint density at radius 1 is 0.361 bits per heavy atom. The fraction of sp³-hybridized carbons (Fsp3) is 0.172. The van der Waals surface area contributed by atoms with E-state index in [2.05, 4.69) is 41.2 Å². The Balaban J connectivity index is 0.000000181. The van der Waals surface area contributed by atoms with Gasteiger partial charge in [0.05, 0.1) is 86.2 Å². The number of nitrogens with one attached hydrogen (secondary N) is 4. The molecule has 0 atom stereocenters. The van der Waals surface area contributed by atoms with Crippen molar-refractivity contribution >= 4 is 132 Å². The number of benzene rings is 8. The normalized spacial score (nSPS) is 11.2. The van der Waals surface area contributed by atoms with Crippen LogP contribution in [0, 0.1) is 5.92 Å². The summed E-state index contributed by atoms with van der Waals surface area (Å²) in [5, 5.41) is 23.3. The molecular formula is C87H82Cl4N8O16S4. The SMILES string of the molecule is CC(C)COc1cc(C(=O)Nc2ccc(Cl)c(-c3ccccn3)c2)ccc1CS(C)(=O)=O.CCOc1cc(C(=O)Nc2ccc(Cl)c(-c3ccccn3)c2)ccc1CS(C)(=O)=O.COc1cc(C(=O)Nc2ccc(Cl)c(-c3ccccn3)c2)ccc1CS(C)(=O)=O.CS(=O)(=O)Cc1ccc(C(=O)Nc2ccc(Cl)c(-c3ccccn3)c2)cc1O. The molecule has 0 aliphatic rings. The summed E-state index contributed by atoms with van der Waals surface area (Å²) in [6.45, 7) is 6.54. The van der Waals surface area contributed by atoms with E-state index < -0.39 is 45.3 Å². The summed E-state index contributed by atoms with van der Waals surface area (Å²) in [6, 6.07) is 60.8. The zero-order chi connectivity index (χ0) is 86.4. The molecule has 8 aromatic carbocycles. The maximum atomic E-state index is 12.9. The van der Waals surface area contributed by atoms with Crippen LogP contribution in [-0.4, -0.2) is 128 Å². The molecule has 0 radical (unpaired) electrons. The van der Waals surface area contributed by atoms with E-state index in [1.54, 1.807) is 159 Å². The number of aromatic nitrogens is 4. The molecule has 5 N–H and O–H groups in total. The second kappa shape index (κ2) is 41.7. The summed E-state index contributed by atoms with van der Waals surface area (Å²) < 4.78 is 109. The van der Waals surface area contributed by atoms with Crippen molar-refractivity contribution in [2.45, 2.75) is 43.8 Å². The van der Waals surface area contributed by atoms with Gasteiger partial charge in [-0.2, -0.15) is 0 Å². The van der Waals surface area contributed by atoms with Gasteiger partial charge in [-0.05, 0) is 183 Å². The molecule has 618 valence electrons. The van der Waals surface area contributed by atoms with Crippen LogP contribution in [0.2, 0.25) is 20.1 Å². The Labute approximate surface area is 711 Å². The second-order valence-corrected chi connectivity index (χ2v) is 37.6. The molecule has 0 aliphatic carbocycles. The summed E-state index contributed by atoms with van der Waals surface area (Å²) in [7, 11) is -11.6. The number of carbonyl (C=O) groups is 4. The third-order valence-corrected chi connectivity index (χ3v) is 21.4. The predicted octanol–water partition coefficient (Wildman–Crippen LogP) is 17.9. The van der Waals surface area contributed by atoms with Crippen LogP contribution in [0.4, 0.5) is 22.7 Å². The van der Waals surface area contributed by atoms with Crippen molar-refractivity contribution in [1.82, 2.24) is 19.9 Å². The Kier molecular flexibility index (Phi) is 32.0. The third-order valence-electron chi connectivity index (χ3n) is 16.8. The number of sulfone groups is 4. The number of halogens is 4. The van der Waals surface area contributed by atoms with E-state index >= 15 is 0 Å². The highest BCUT2D eigenvalue weighted by Crippen LogP contribution is 2.36. The van der Waals surface area contributed by atoms with E-state index in [4.69, 9.17) is 60.6 Å². The number of nitrogens with zero attached hydrogens (tertiary/aromatic N) is 4. The number of hydrogen-bond acceptors (Lipinski definition) is 20. The average Bonchev–Trinajstić information content (AvgIpc) is 0.828. The molecule has 0 spiro atoms. The van der Waals surface area contributed by atoms with Gasteiger partial charge < -0.3 is 40.6 Å². The smallest absolute Gasteiger partial charge is 0.255 e. The molecule has 0 saturated heterocycles. The van der Waals surface area contributed by atoms with Gasteiger partial charge in [0.25, 0.3) is 23.6 Å². The lowest BCUT2D eigenvalue weighted by Crippen LogP contribution is -2.14. The van der Waals surface area contributed by atoms with Crippen LogP contribution < -0.4 is 35.5 Å². The number of methoxy groups -OCH3 is 1. The quantitative estimate of drug-likeness (QED) is 0.0336. The molecule has 0 fully saturated rings. The highest BCUT2D eigenvalue weighted by Gasteiger charge is 2.22. The van der Waals surface area contributed by atoms with Gasteiger partial charge >= 0.3 is 0 Å². The van der Waals surface area contributed by atoms with Crippen LogP contribution in [0.15, 0.2) is 243 Å². The number of aromatic hydroxyl groups is 1. The monoisotopic (exact) mass is 1760 g/mol. The van der Waals surface area contributed by atoms with Gasteiger partial charge in [-0.1, -0.05) is 109 Å². The molecule has 0 bridgehead atoms. The highest BCUT2D eigenvalue weighted by molar-refractivity contribution is 7.90. The number of pyridine rings is 4. The number of phenols is 1. The first-order chi connectivity index (χ1) is 56.4. The van der Waals surface area contributed by atoms with Crippen molar-refractivity contribution in [2.24, 2.45) is 5.92 Å². The van der Waals surface area contributed by atoms with Gasteiger partial charge in [0, 0.05) is 139 Å². The fourth-order valence-corrected chi connectivity index (χ4v) is 15.4. The number of phenolic OH excluding ortho intramolecular Hbond substituents is 1. The molecule has 0 aliphatic heterocycles. The minimum atomic E-state index is -3.30. The van der Waals surface area contributed by atoms with E-state index in [-0.39, 0.29) is 63.5 Å². The van der Waals surface area contributed by atoms with E-state index in [1.807, 2.05) is 80.6 Å². The molecule has 4 heterocycles. The average molecular weight is 1770 g/mol. The lowest BCUT2D eigenvalue weighted by atomic mass is 10.1. The van der Waals surface area contributed by atoms with Crippen LogP contribution >= 0.6 is 46.4 Å². The fourth-order valence-electron chi connectivity index (χ4n) is 11.4. The van der Waals surface area contributed by atoms with Crippen molar-refractivity contribution < 1.29 is 72.2 Å². The number of amides is 4. The van der Waals surface area contributed by atoms with Crippen LogP contribution in [0.25, 0.3) is 45.0 Å². The molecule has 0 unspecified atom stereocenters. The summed E-state index contributed by atoms with van der Waals surface area (Å²) >= 11 is 25.1. The minimum absolute atomic E-state index is 0.158. The lowest BCUT2D eigenvalue weighted by molar-refractivity contribution is 0.101. The molecule has 0 saturated carbocycles. The highest BCUT2D eigenvalue weighted by atomic mass is 35.5. The molecule has 12 rings (SSSR count). The van der Waals surface area contributed by atoms with Gasteiger partial charge in [0.15, 0.2) is 39.3 Å². The predicted molar refractivity (Wildman–Crippen MR) is 470 cm³/mol. The summed E-state index contributed by atoms with van der Waals surface area (Å²) in [6.07, 6.45) is 11.2. The Hall–Kier alpha value is -11.6. The van der Waals surface area contributed by atoms with Crippen molar-refractivity contribution in [3.05, 3.63) is 308 Å². The second-order valence-electron chi connectivity index (χ2n) is 27.4. The zero-order valence-electron chi connectivity index (χ0n) is 65.4. The van der Waals surface area contributed by atoms with Crippen LogP contribution in [-0.2, 0) is 62.4 Å². The summed E-state index contributed by atoms with van der Waals surface area (Å²) in [5.74, 6) is -1.18. The number of ether oxygens (including phenoxy) is 3. The molecule has 4 amide bonds. The summed E-state index contributed by atoms with van der Waals surface area (Å²) in [5.41, 5.74) is 10.7. The van der Waals surface area contributed by atoms with Crippen molar-refractivity contribution in [2.75, 3.05) is 66.6 Å². The van der Waals surface area contributed by atoms with Gasteiger partial charge in [-0.25, -0.2) is 33.7 Å². The summed E-state index contributed by atoms with van der Waals surface area (Å²) in [4.78, 5) is 68.0. The minimum Gasteiger partial charge on any atom is -0.508 e. The molecule has 4 aromatic heterocycles. The van der Waals surface area contributed by atoms with Crippen molar-refractivity contribution in [3.8, 4) is 68.0 Å². The third kappa shape index (κ3) is 28.3. The molecule has 12 aromatic rings.